The summed E-state index contributed by atoms with van der Waals surface area (Å²) in [7, 11) is 0. The lowest BCUT2D eigenvalue weighted by atomic mass is 10.3. The minimum atomic E-state index is -0.293. The van der Waals surface area contributed by atoms with Crippen molar-refractivity contribution in [3.63, 3.8) is 0 Å². The monoisotopic (exact) mass is 230 g/mol. The molecule has 2 heterocycles. The van der Waals surface area contributed by atoms with Gasteiger partial charge in [-0.05, 0) is 13.0 Å². The van der Waals surface area contributed by atoms with Crippen molar-refractivity contribution in [1.82, 2.24) is 20.2 Å². The first-order valence-corrected chi connectivity index (χ1v) is 4.88. The van der Waals surface area contributed by atoms with E-state index in [0.29, 0.717) is 5.69 Å². The van der Waals surface area contributed by atoms with Crippen LogP contribution in [-0.4, -0.2) is 26.4 Å². The molecule has 0 unspecified atom stereocenters. The molecule has 0 aliphatic rings. The van der Waals surface area contributed by atoms with Gasteiger partial charge in [-0.2, -0.15) is 5.10 Å². The van der Waals surface area contributed by atoms with E-state index in [1.54, 1.807) is 31.6 Å². The van der Waals surface area contributed by atoms with Gasteiger partial charge in [0.05, 0.1) is 6.21 Å². The number of hydrogen-bond acceptors (Lipinski definition) is 6. The van der Waals surface area contributed by atoms with Gasteiger partial charge < -0.3 is 0 Å². The van der Waals surface area contributed by atoms with Crippen LogP contribution in [0.5, 0.6) is 0 Å². The molecule has 7 nitrogen and oxygen atoms in total. The molecule has 0 amide bonds. The molecule has 17 heavy (non-hydrogen) atoms. The number of anilines is 1. The maximum absolute atomic E-state index is 11.2. The Morgan fingerprint density at radius 2 is 2.35 bits per heavy atom. The second-order valence-corrected chi connectivity index (χ2v) is 3.24. The van der Waals surface area contributed by atoms with Crippen molar-refractivity contribution in [1.29, 1.82) is 0 Å². The Balaban J connectivity index is 2.05. The highest BCUT2D eigenvalue weighted by atomic mass is 16.1. The number of hydrazone groups is 1. The molecule has 0 aliphatic heterocycles. The summed E-state index contributed by atoms with van der Waals surface area (Å²) in [5, 5.41) is 11.3. The van der Waals surface area contributed by atoms with Crippen molar-refractivity contribution < 1.29 is 0 Å². The Hall–Kier alpha value is -2.57. The van der Waals surface area contributed by atoms with Gasteiger partial charge in [0.15, 0.2) is 0 Å². The van der Waals surface area contributed by atoms with Crippen LogP contribution in [0, 0.1) is 6.92 Å². The van der Waals surface area contributed by atoms with Crippen LogP contribution in [0.25, 0.3) is 0 Å². The van der Waals surface area contributed by atoms with Crippen LogP contribution in [0.1, 0.15) is 11.3 Å². The van der Waals surface area contributed by atoms with Crippen molar-refractivity contribution >= 4 is 12.2 Å². The van der Waals surface area contributed by atoms with Gasteiger partial charge in [0.2, 0.25) is 5.95 Å². The standard InChI is InChI=1S/C10H10N6O/c1-7-9(17)13-10(16-14-7)15-12-6-8-3-2-4-11-5-8/h2-6H,1H3,(H2,13,15,16,17)/b12-6+. The number of nitrogens with zero attached hydrogens (tertiary/aromatic N) is 4. The SMILES string of the molecule is Cc1nnc(N/N=C/c2cccnc2)[nH]c1=O. The number of H-pyrrole nitrogens is 1. The summed E-state index contributed by atoms with van der Waals surface area (Å²) in [5.74, 6) is 0.195. The van der Waals surface area contributed by atoms with E-state index >= 15 is 0 Å². The molecule has 2 rings (SSSR count). The van der Waals surface area contributed by atoms with Gasteiger partial charge >= 0.3 is 0 Å². The fourth-order valence-corrected chi connectivity index (χ4v) is 1.06. The number of aromatic nitrogens is 4. The lowest BCUT2D eigenvalue weighted by Crippen LogP contribution is -2.15. The Morgan fingerprint density at radius 1 is 1.47 bits per heavy atom. The van der Waals surface area contributed by atoms with Crippen LogP contribution >= 0.6 is 0 Å². The zero-order chi connectivity index (χ0) is 12.1. The quantitative estimate of drug-likeness (QED) is 0.584. The van der Waals surface area contributed by atoms with Crippen molar-refractivity contribution in [2.75, 3.05) is 5.43 Å². The van der Waals surface area contributed by atoms with Crippen LogP contribution in [0.15, 0.2) is 34.4 Å². The van der Waals surface area contributed by atoms with Gasteiger partial charge in [-0.25, -0.2) is 5.43 Å². The smallest absolute Gasteiger partial charge is 0.274 e. The highest BCUT2D eigenvalue weighted by molar-refractivity contribution is 5.79. The third kappa shape index (κ3) is 2.94. The third-order valence-electron chi connectivity index (χ3n) is 1.93. The average Bonchev–Trinajstić information content (AvgIpc) is 2.35. The Kier molecular flexibility index (Phi) is 3.20. The zero-order valence-corrected chi connectivity index (χ0v) is 9.08. The van der Waals surface area contributed by atoms with E-state index in [1.807, 2.05) is 6.07 Å². The molecule has 0 aliphatic carbocycles. The van der Waals surface area contributed by atoms with E-state index in [9.17, 15) is 4.79 Å². The summed E-state index contributed by atoms with van der Waals surface area (Å²) in [4.78, 5) is 17.6. The van der Waals surface area contributed by atoms with E-state index in [4.69, 9.17) is 0 Å². The molecule has 0 atom stereocenters. The zero-order valence-electron chi connectivity index (χ0n) is 9.08. The van der Waals surface area contributed by atoms with E-state index < -0.39 is 0 Å². The number of aryl methyl sites for hydroxylation is 1. The predicted molar refractivity (Wildman–Crippen MR) is 62.8 cm³/mol. The summed E-state index contributed by atoms with van der Waals surface area (Å²) < 4.78 is 0. The van der Waals surface area contributed by atoms with E-state index in [-0.39, 0.29) is 11.5 Å². The number of nitrogens with one attached hydrogen (secondary N) is 2. The Morgan fingerprint density at radius 3 is 3.06 bits per heavy atom. The first-order chi connectivity index (χ1) is 8.25. The van der Waals surface area contributed by atoms with Crippen molar-refractivity contribution in [3.05, 3.63) is 46.1 Å². The van der Waals surface area contributed by atoms with Crippen molar-refractivity contribution in [2.24, 2.45) is 5.10 Å². The van der Waals surface area contributed by atoms with Gasteiger partial charge in [-0.1, -0.05) is 6.07 Å². The van der Waals surface area contributed by atoms with Gasteiger partial charge in [0.1, 0.15) is 5.69 Å². The average molecular weight is 230 g/mol. The van der Waals surface area contributed by atoms with Crippen LogP contribution < -0.4 is 11.0 Å². The Labute approximate surface area is 96.6 Å². The summed E-state index contributed by atoms with van der Waals surface area (Å²) in [6.07, 6.45) is 4.90. The second-order valence-electron chi connectivity index (χ2n) is 3.24. The molecule has 0 aromatic carbocycles. The topological polar surface area (TPSA) is 95.9 Å². The van der Waals surface area contributed by atoms with Gasteiger partial charge in [-0.15, -0.1) is 10.2 Å². The van der Waals surface area contributed by atoms with E-state index in [0.717, 1.165) is 5.56 Å². The normalized spacial score (nSPS) is 10.6. The maximum atomic E-state index is 11.2. The van der Waals surface area contributed by atoms with Crippen molar-refractivity contribution in [3.8, 4) is 0 Å². The largest absolute Gasteiger partial charge is 0.288 e. The molecular weight excluding hydrogens is 220 g/mol. The molecule has 2 N–H and O–H groups in total. The molecule has 0 spiro atoms. The molecule has 0 bridgehead atoms. The molecule has 2 aromatic rings. The lowest BCUT2D eigenvalue weighted by molar-refractivity contribution is 0.897. The number of aromatic amines is 1. The van der Waals surface area contributed by atoms with Crippen LogP contribution in [-0.2, 0) is 0 Å². The van der Waals surface area contributed by atoms with Crippen molar-refractivity contribution in [2.45, 2.75) is 6.92 Å². The summed E-state index contributed by atoms with van der Waals surface area (Å²) in [6, 6.07) is 3.65. The Bertz CT molecular complexity index is 577. The summed E-state index contributed by atoms with van der Waals surface area (Å²) in [5.41, 5.74) is 3.43. The maximum Gasteiger partial charge on any atom is 0.274 e. The summed E-state index contributed by atoms with van der Waals surface area (Å²) in [6.45, 7) is 1.58. The predicted octanol–water partition coefficient (Wildman–Crippen LogP) is 0.314. The first kappa shape index (κ1) is 10.9. The third-order valence-corrected chi connectivity index (χ3v) is 1.93. The highest BCUT2D eigenvalue weighted by Crippen LogP contribution is 1.93. The molecule has 7 heteroatoms. The number of hydrogen-bond donors (Lipinski definition) is 2. The minimum Gasteiger partial charge on any atom is -0.288 e. The fraction of sp³-hybridized carbons (Fsp3) is 0.100. The molecule has 0 saturated carbocycles. The molecule has 0 saturated heterocycles. The second kappa shape index (κ2) is 4.97. The van der Waals surface area contributed by atoms with Crippen LogP contribution in [0.4, 0.5) is 5.95 Å². The molecular formula is C10H10N6O. The lowest BCUT2D eigenvalue weighted by Gasteiger charge is -1.97. The molecule has 0 radical (unpaired) electrons. The first-order valence-electron chi connectivity index (χ1n) is 4.88. The van der Waals surface area contributed by atoms with Crippen LogP contribution in [0.3, 0.4) is 0 Å². The molecule has 86 valence electrons. The van der Waals surface area contributed by atoms with Gasteiger partial charge in [0.25, 0.3) is 5.56 Å². The minimum absolute atomic E-state index is 0.195. The van der Waals surface area contributed by atoms with Gasteiger partial charge in [0, 0.05) is 18.0 Å². The molecule has 2 aromatic heterocycles. The van der Waals surface area contributed by atoms with E-state index in [2.05, 4.69) is 30.7 Å². The summed E-state index contributed by atoms with van der Waals surface area (Å²) >= 11 is 0. The van der Waals surface area contributed by atoms with Crippen LogP contribution in [0.2, 0.25) is 0 Å². The molecule has 0 fully saturated rings. The number of rotatable bonds is 3. The van der Waals surface area contributed by atoms with Gasteiger partial charge in [-0.3, -0.25) is 14.8 Å². The highest BCUT2D eigenvalue weighted by Gasteiger charge is 1.97. The van der Waals surface area contributed by atoms with E-state index in [1.165, 1.54) is 0 Å². The number of pyridine rings is 1. The fourth-order valence-electron chi connectivity index (χ4n) is 1.06.